The molecule has 1 heterocycles. The number of benzene rings is 1. The standard InChI is InChI=1S/C16H20N2O.ClH/c1-3-17-16-12-6-4-5-7-14(12)18-15-9-8-11(19-2)10-13(15)16;/h8-10H,3-7H2,1-2H3,(H,17,18);1H. The van der Waals surface area contributed by atoms with Gasteiger partial charge in [0.15, 0.2) is 0 Å². The maximum Gasteiger partial charge on any atom is 0.119 e. The van der Waals surface area contributed by atoms with Crippen LogP contribution in [0.5, 0.6) is 5.75 Å². The molecule has 4 heteroatoms. The molecule has 1 aliphatic carbocycles. The normalized spacial score (nSPS) is 13.5. The van der Waals surface area contributed by atoms with Gasteiger partial charge < -0.3 is 10.1 Å². The van der Waals surface area contributed by atoms with Crippen LogP contribution < -0.4 is 10.1 Å². The summed E-state index contributed by atoms with van der Waals surface area (Å²) in [5.74, 6) is 0.893. The van der Waals surface area contributed by atoms with Gasteiger partial charge in [0, 0.05) is 23.3 Å². The maximum atomic E-state index is 5.34. The smallest absolute Gasteiger partial charge is 0.119 e. The molecule has 0 aliphatic heterocycles. The molecule has 1 aromatic heterocycles. The minimum atomic E-state index is 0. The van der Waals surface area contributed by atoms with Crippen molar-refractivity contribution in [2.24, 2.45) is 0 Å². The Morgan fingerprint density at radius 2 is 2.05 bits per heavy atom. The molecule has 3 nitrogen and oxygen atoms in total. The first kappa shape index (κ1) is 14.9. The van der Waals surface area contributed by atoms with Gasteiger partial charge in [0.2, 0.25) is 0 Å². The third kappa shape index (κ3) is 2.55. The highest BCUT2D eigenvalue weighted by molar-refractivity contribution is 5.94. The van der Waals surface area contributed by atoms with E-state index in [4.69, 9.17) is 9.72 Å². The molecule has 0 saturated heterocycles. The number of hydrogen-bond donors (Lipinski definition) is 1. The zero-order valence-electron chi connectivity index (χ0n) is 12.0. The number of nitrogens with zero attached hydrogens (tertiary/aromatic N) is 1. The third-order valence-electron chi connectivity index (χ3n) is 3.82. The summed E-state index contributed by atoms with van der Waals surface area (Å²) in [4.78, 5) is 4.84. The van der Waals surface area contributed by atoms with E-state index in [0.717, 1.165) is 30.7 Å². The molecule has 0 atom stereocenters. The molecule has 3 rings (SSSR count). The van der Waals surface area contributed by atoms with Gasteiger partial charge in [0.25, 0.3) is 0 Å². The Hall–Kier alpha value is -1.48. The topological polar surface area (TPSA) is 34.2 Å². The zero-order valence-corrected chi connectivity index (χ0v) is 12.8. The lowest BCUT2D eigenvalue weighted by molar-refractivity contribution is 0.415. The largest absolute Gasteiger partial charge is 0.497 e. The number of hydrogen-bond acceptors (Lipinski definition) is 3. The van der Waals surface area contributed by atoms with Gasteiger partial charge in [-0.1, -0.05) is 0 Å². The van der Waals surface area contributed by atoms with E-state index in [0.29, 0.717) is 0 Å². The first-order valence-electron chi connectivity index (χ1n) is 7.07. The highest BCUT2D eigenvalue weighted by Crippen LogP contribution is 2.34. The molecule has 108 valence electrons. The lowest BCUT2D eigenvalue weighted by Gasteiger charge is -2.21. The molecule has 20 heavy (non-hydrogen) atoms. The van der Waals surface area contributed by atoms with E-state index in [1.54, 1.807) is 7.11 Å². The van der Waals surface area contributed by atoms with Gasteiger partial charge in [0.1, 0.15) is 5.75 Å². The second-order valence-electron chi connectivity index (χ2n) is 5.03. The fourth-order valence-electron chi connectivity index (χ4n) is 2.91. The number of ether oxygens (including phenoxy) is 1. The molecule has 1 N–H and O–H groups in total. The highest BCUT2D eigenvalue weighted by Gasteiger charge is 2.18. The number of halogens is 1. The first-order valence-corrected chi connectivity index (χ1v) is 7.07. The minimum absolute atomic E-state index is 0. The third-order valence-corrected chi connectivity index (χ3v) is 3.82. The Labute approximate surface area is 126 Å². The van der Waals surface area contributed by atoms with Crippen molar-refractivity contribution in [1.82, 2.24) is 4.98 Å². The van der Waals surface area contributed by atoms with Gasteiger partial charge in [-0.3, -0.25) is 4.98 Å². The van der Waals surface area contributed by atoms with Crippen LogP contribution in [0.25, 0.3) is 10.9 Å². The van der Waals surface area contributed by atoms with E-state index in [9.17, 15) is 0 Å². The fourth-order valence-corrected chi connectivity index (χ4v) is 2.91. The quantitative estimate of drug-likeness (QED) is 0.929. The lowest BCUT2D eigenvalue weighted by Crippen LogP contribution is -2.11. The molecule has 0 unspecified atom stereocenters. The van der Waals surface area contributed by atoms with E-state index >= 15 is 0 Å². The van der Waals surface area contributed by atoms with E-state index in [2.05, 4.69) is 24.4 Å². The van der Waals surface area contributed by atoms with Gasteiger partial charge in [-0.2, -0.15) is 0 Å². The van der Waals surface area contributed by atoms with Crippen molar-refractivity contribution in [3.05, 3.63) is 29.5 Å². The summed E-state index contributed by atoms with van der Waals surface area (Å²) in [6, 6.07) is 6.14. The second kappa shape index (κ2) is 6.31. The summed E-state index contributed by atoms with van der Waals surface area (Å²) in [5, 5.41) is 4.72. The maximum absolute atomic E-state index is 5.34. The number of nitrogens with one attached hydrogen (secondary N) is 1. The Bertz CT molecular complexity index is 613. The van der Waals surface area contributed by atoms with E-state index in [1.165, 1.54) is 35.2 Å². The summed E-state index contributed by atoms with van der Waals surface area (Å²) >= 11 is 0. The Morgan fingerprint density at radius 3 is 2.80 bits per heavy atom. The van der Waals surface area contributed by atoms with Crippen LogP contribution in [0.4, 0.5) is 5.69 Å². The van der Waals surface area contributed by atoms with Crippen molar-refractivity contribution in [2.45, 2.75) is 32.6 Å². The van der Waals surface area contributed by atoms with Gasteiger partial charge in [-0.05, 0) is 56.4 Å². The zero-order chi connectivity index (χ0) is 13.2. The van der Waals surface area contributed by atoms with Crippen molar-refractivity contribution in [3.8, 4) is 5.75 Å². The summed E-state index contributed by atoms with van der Waals surface area (Å²) in [6.45, 7) is 3.07. The first-order chi connectivity index (χ1) is 9.33. The van der Waals surface area contributed by atoms with Gasteiger partial charge in [-0.25, -0.2) is 0 Å². The van der Waals surface area contributed by atoms with Gasteiger partial charge in [-0.15, -0.1) is 12.4 Å². The highest BCUT2D eigenvalue weighted by atomic mass is 35.5. The predicted molar refractivity (Wildman–Crippen MR) is 86.3 cm³/mol. The van der Waals surface area contributed by atoms with Crippen LogP contribution in [0.2, 0.25) is 0 Å². The van der Waals surface area contributed by atoms with Crippen molar-refractivity contribution >= 4 is 29.0 Å². The molecule has 1 aliphatic rings. The summed E-state index contributed by atoms with van der Waals surface area (Å²) in [5.41, 5.74) is 5.02. The Balaban J connectivity index is 0.00000147. The Kier molecular flexibility index (Phi) is 4.71. The number of aryl methyl sites for hydroxylation is 1. The lowest BCUT2D eigenvalue weighted by atomic mass is 9.92. The number of pyridine rings is 1. The number of methoxy groups -OCH3 is 1. The minimum Gasteiger partial charge on any atom is -0.497 e. The predicted octanol–water partition coefficient (Wildman–Crippen LogP) is 3.98. The van der Waals surface area contributed by atoms with Gasteiger partial charge >= 0.3 is 0 Å². The van der Waals surface area contributed by atoms with E-state index in [-0.39, 0.29) is 12.4 Å². The molecule has 2 aromatic rings. The molecule has 0 radical (unpaired) electrons. The van der Waals surface area contributed by atoms with Crippen molar-refractivity contribution in [3.63, 3.8) is 0 Å². The molecule has 0 spiro atoms. The van der Waals surface area contributed by atoms with E-state index in [1.807, 2.05) is 6.07 Å². The number of fused-ring (bicyclic) bond motifs is 2. The fraction of sp³-hybridized carbons (Fsp3) is 0.438. The molecular weight excluding hydrogens is 272 g/mol. The second-order valence-corrected chi connectivity index (χ2v) is 5.03. The molecule has 0 saturated carbocycles. The van der Waals surface area contributed by atoms with Crippen LogP contribution in [-0.2, 0) is 12.8 Å². The van der Waals surface area contributed by atoms with Crippen molar-refractivity contribution < 1.29 is 4.74 Å². The molecular formula is C16H21ClN2O. The van der Waals surface area contributed by atoms with Crippen molar-refractivity contribution in [1.29, 1.82) is 0 Å². The summed E-state index contributed by atoms with van der Waals surface area (Å²) in [6.07, 6.45) is 4.77. The number of rotatable bonds is 3. The number of aromatic nitrogens is 1. The average Bonchev–Trinajstić information content (AvgIpc) is 2.47. The van der Waals surface area contributed by atoms with Crippen molar-refractivity contribution in [2.75, 3.05) is 19.0 Å². The van der Waals surface area contributed by atoms with Crippen LogP contribution in [-0.4, -0.2) is 18.6 Å². The molecule has 0 bridgehead atoms. The van der Waals surface area contributed by atoms with E-state index < -0.39 is 0 Å². The van der Waals surface area contributed by atoms with Crippen LogP contribution >= 0.6 is 12.4 Å². The molecule has 0 fully saturated rings. The molecule has 0 amide bonds. The SMILES string of the molecule is CCNc1c2c(nc3ccc(OC)cc13)CCCC2.Cl. The van der Waals surface area contributed by atoms with Crippen LogP contribution in [0, 0.1) is 0 Å². The monoisotopic (exact) mass is 292 g/mol. The number of anilines is 1. The molecule has 1 aromatic carbocycles. The van der Waals surface area contributed by atoms with Crippen LogP contribution in [0.15, 0.2) is 18.2 Å². The van der Waals surface area contributed by atoms with Crippen LogP contribution in [0.1, 0.15) is 31.0 Å². The van der Waals surface area contributed by atoms with Gasteiger partial charge in [0.05, 0.1) is 12.6 Å². The van der Waals surface area contributed by atoms with Crippen LogP contribution in [0.3, 0.4) is 0 Å². The summed E-state index contributed by atoms with van der Waals surface area (Å²) in [7, 11) is 1.71. The average molecular weight is 293 g/mol. The summed E-state index contributed by atoms with van der Waals surface area (Å²) < 4.78 is 5.34. The Morgan fingerprint density at radius 1 is 1.25 bits per heavy atom.